The van der Waals surface area contributed by atoms with E-state index in [-0.39, 0.29) is 53.2 Å². The number of hydrogen-bond donors (Lipinski definition) is 0. The highest BCUT2D eigenvalue weighted by atomic mass is 32.2. The molecule has 0 aliphatic carbocycles. The van der Waals surface area contributed by atoms with E-state index in [1.54, 1.807) is 13.8 Å². The number of thioether (sulfide) groups is 1. The Morgan fingerprint density at radius 2 is 2.00 bits per heavy atom. The second-order valence-electron chi connectivity index (χ2n) is 7.64. The third kappa shape index (κ3) is 4.72. The molecule has 1 fully saturated rings. The number of benzene rings is 2. The van der Waals surface area contributed by atoms with Crippen molar-refractivity contribution in [3.63, 3.8) is 0 Å². The molecule has 2 heterocycles. The molecular weight excluding hydrogens is 474 g/mol. The predicted molar refractivity (Wildman–Crippen MR) is 129 cm³/mol. The summed E-state index contributed by atoms with van der Waals surface area (Å²) in [5, 5.41) is 12.5. The number of carbonyl (C=O) groups excluding carboxylic acids is 2. The number of esters is 1. The molecule has 2 aromatic rings. The van der Waals surface area contributed by atoms with Crippen LogP contribution in [0.25, 0.3) is 0 Å². The second-order valence-corrected chi connectivity index (χ2v) is 8.59. The van der Waals surface area contributed by atoms with Gasteiger partial charge >= 0.3 is 5.97 Å². The molecule has 11 heteroatoms. The molecule has 0 saturated carbocycles. The van der Waals surface area contributed by atoms with Gasteiger partial charge < -0.3 is 14.2 Å². The SMILES string of the molecule is CCOC(=O)C1=C(C)N2C(=O)CSC2=N[C@H]1c1cc(OC)c(OCc2ccccc2)cc1[N+](=O)[O-]. The maximum atomic E-state index is 12.9. The number of aliphatic imine (C=N–C) groups is 1. The maximum Gasteiger partial charge on any atom is 0.338 e. The van der Waals surface area contributed by atoms with Crippen molar-refractivity contribution >= 4 is 34.5 Å². The Hall–Kier alpha value is -3.86. The number of carbonyl (C=O) groups is 2. The van der Waals surface area contributed by atoms with Gasteiger partial charge in [0.05, 0.1) is 41.6 Å². The Balaban J connectivity index is 1.81. The van der Waals surface area contributed by atoms with E-state index in [0.29, 0.717) is 10.9 Å². The van der Waals surface area contributed by atoms with Crippen LogP contribution in [0.1, 0.15) is 31.0 Å². The first-order chi connectivity index (χ1) is 16.8. The van der Waals surface area contributed by atoms with Crippen LogP contribution in [0.3, 0.4) is 0 Å². The number of hydrogen-bond acceptors (Lipinski definition) is 9. The molecule has 0 unspecified atom stereocenters. The molecule has 35 heavy (non-hydrogen) atoms. The maximum absolute atomic E-state index is 12.9. The molecule has 0 N–H and O–H groups in total. The van der Waals surface area contributed by atoms with Gasteiger partial charge in [0.2, 0.25) is 5.91 Å². The lowest BCUT2D eigenvalue weighted by Gasteiger charge is -2.29. The monoisotopic (exact) mass is 497 g/mol. The zero-order valence-electron chi connectivity index (χ0n) is 19.3. The van der Waals surface area contributed by atoms with Gasteiger partial charge in [-0.05, 0) is 25.5 Å². The molecule has 1 amide bonds. The van der Waals surface area contributed by atoms with Crippen molar-refractivity contribution in [2.45, 2.75) is 26.5 Å². The zero-order valence-corrected chi connectivity index (χ0v) is 20.2. The zero-order chi connectivity index (χ0) is 25.1. The van der Waals surface area contributed by atoms with Crippen LogP contribution in [0.15, 0.2) is 58.7 Å². The number of nitro benzene ring substituents is 1. The van der Waals surface area contributed by atoms with Gasteiger partial charge in [0.15, 0.2) is 16.7 Å². The van der Waals surface area contributed by atoms with Crippen molar-refractivity contribution in [2.24, 2.45) is 4.99 Å². The summed E-state index contributed by atoms with van der Waals surface area (Å²) in [6, 6.07) is 11.0. The molecular formula is C24H23N3O7S. The van der Waals surface area contributed by atoms with E-state index in [9.17, 15) is 19.7 Å². The minimum absolute atomic E-state index is 0.0644. The Bertz CT molecular complexity index is 1240. The first kappa shape index (κ1) is 24.3. The van der Waals surface area contributed by atoms with Gasteiger partial charge in [0, 0.05) is 5.70 Å². The molecule has 1 saturated heterocycles. The molecule has 0 spiro atoms. The molecule has 0 radical (unpaired) electrons. The topological polar surface area (TPSA) is 121 Å². The van der Waals surface area contributed by atoms with Crippen molar-refractivity contribution in [1.82, 2.24) is 4.90 Å². The van der Waals surface area contributed by atoms with E-state index < -0.39 is 16.9 Å². The van der Waals surface area contributed by atoms with Crippen molar-refractivity contribution in [1.29, 1.82) is 0 Å². The van der Waals surface area contributed by atoms with E-state index in [2.05, 4.69) is 4.99 Å². The molecule has 2 aliphatic rings. The summed E-state index contributed by atoms with van der Waals surface area (Å²) in [4.78, 5) is 42.8. The number of fused-ring (bicyclic) bond motifs is 1. The summed E-state index contributed by atoms with van der Waals surface area (Å²) in [5.74, 6) is -0.319. The van der Waals surface area contributed by atoms with Gasteiger partial charge in [0.1, 0.15) is 12.6 Å². The van der Waals surface area contributed by atoms with Crippen LogP contribution < -0.4 is 9.47 Å². The Kier molecular flexibility index (Phi) is 7.06. The second kappa shape index (κ2) is 10.2. The first-order valence-corrected chi connectivity index (χ1v) is 11.8. The van der Waals surface area contributed by atoms with Crippen LogP contribution in [0.4, 0.5) is 5.69 Å². The standard InChI is InChI=1S/C24H23N3O7S/c1-4-33-23(29)21-14(2)26-20(28)13-35-24(26)25-22(21)16-10-18(32-3)19(11-17(16)27(30)31)34-12-15-8-6-5-7-9-15/h5-11,22H,4,12-13H2,1-3H3/t22-/m0/s1. The van der Waals surface area contributed by atoms with Gasteiger partial charge in [-0.25, -0.2) is 9.79 Å². The van der Waals surface area contributed by atoms with Crippen LogP contribution in [0.2, 0.25) is 0 Å². The Labute approximate surface area is 205 Å². The van der Waals surface area contributed by atoms with Gasteiger partial charge in [0.25, 0.3) is 5.69 Å². The van der Waals surface area contributed by atoms with E-state index >= 15 is 0 Å². The van der Waals surface area contributed by atoms with Gasteiger partial charge in [-0.15, -0.1) is 0 Å². The summed E-state index contributed by atoms with van der Waals surface area (Å²) in [6.07, 6.45) is 0. The minimum atomic E-state index is -1.06. The highest BCUT2D eigenvalue weighted by molar-refractivity contribution is 8.15. The average Bonchev–Trinajstić information content (AvgIpc) is 3.23. The average molecular weight is 498 g/mol. The number of ether oxygens (including phenoxy) is 3. The number of nitrogens with zero attached hydrogens (tertiary/aromatic N) is 3. The third-order valence-electron chi connectivity index (χ3n) is 5.54. The number of rotatable bonds is 8. The van der Waals surface area contributed by atoms with Crippen LogP contribution in [0.5, 0.6) is 11.5 Å². The van der Waals surface area contributed by atoms with E-state index in [4.69, 9.17) is 14.2 Å². The van der Waals surface area contributed by atoms with Gasteiger partial charge in [-0.1, -0.05) is 42.1 Å². The van der Waals surface area contributed by atoms with E-state index in [1.165, 1.54) is 35.9 Å². The lowest BCUT2D eigenvalue weighted by atomic mass is 9.94. The normalized spacial score (nSPS) is 17.1. The summed E-state index contributed by atoms with van der Waals surface area (Å²) >= 11 is 1.21. The van der Waals surface area contributed by atoms with Crippen LogP contribution in [0, 0.1) is 10.1 Å². The summed E-state index contributed by atoms with van der Waals surface area (Å²) in [6.45, 7) is 3.54. The number of nitro groups is 1. The summed E-state index contributed by atoms with van der Waals surface area (Å²) in [7, 11) is 1.42. The highest BCUT2D eigenvalue weighted by Gasteiger charge is 2.42. The number of amidine groups is 1. The molecule has 2 aliphatic heterocycles. The van der Waals surface area contributed by atoms with Gasteiger partial charge in [-0.2, -0.15) is 0 Å². The van der Waals surface area contributed by atoms with Crippen LogP contribution in [-0.2, 0) is 20.9 Å². The van der Waals surface area contributed by atoms with E-state index in [1.807, 2.05) is 30.3 Å². The van der Waals surface area contributed by atoms with E-state index in [0.717, 1.165) is 5.56 Å². The molecule has 0 aromatic heterocycles. The van der Waals surface area contributed by atoms with Crippen LogP contribution >= 0.6 is 11.8 Å². The fourth-order valence-electron chi connectivity index (χ4n) is 3.92. The quantitative estimate of drug-likeness (QED) is 0.305. The molecule has 0 bridgehead atoms. The predicted octanol–water partition coefficient (Wildman–Crippen LogP) is 4.01. The molecule has 1 atom stereocenters. The molecule has 2 aromatic carbocycles. The largest absolute Gasteiger partial charge is 0.493 e. The number of allylic oxidation sites excluding steroid dienone is 1. The fraction of sp³-hybridized carbons (Fsp3) is 0.292. The van der Waals surface area contributed by atoms with Crippen molar-refractivity contribution in [2.75, 3.05) is 19.5 Å². The Morgan fingerprint density at radius 1 is 1.26 bits per heavy atom. The van der Waals surface area contributed by atoms with Crippen molar-refractivity contribution in [3.8, 4) is 11.5 Å². The highest BCUT2D eigenvalue weighted by Crippen LogP contribution is 2.45. The number of amides is 1. The Morgan fingerprint density at radius 3 is 2.66 bits per heavy atom. The summed E-state index contributed by atoms with van der Waals surface area (Å²) < 4.78 is 16.5. The lowest BCUT2D eigenvalue weighted by molar-refractivity contribution is -0.385. The minimum Gasteiger partial charge on any atom is -0.493 e. The number of methoxy groups -OCH3 is 1. The molecule has 182 valence electrons. The molecule has 10 nitrogen and oxygen atoms in total. The molecule has 4 rings (SSSR count). The van der Waals surface area contributed by atoms with Crippen LogP contribution in [-0.4, -0.2) is 46.3 Å². The first-order valence-electron chi connectivity index (χ1n) is 10.8. The van der Waals surface area contributed by atoms with Gasteiger partial charge in [-0.3, -0.25) is 19.8 Å². The third-order valence-corrected chi connectivity index (χ3v) is 6.48. The fourth-order valence-corrected chi connectivity index (χ4v) is 4.85. The summed E-state index contributed by atoms with van der Waals surface area (Å²) in [5.41, 5.74) is 1.13. The van der Waals surface area contributed by atoms with Crippen molar-refractivity contribution in [3.05, 3.63) is 75.0 Å². The smallest absolute Gasteiger partial charge is 0.338 e. The van der Waals surface area contributed by atoms with Crippen molar-refractivity contribution < 1.29 is 28.7 Å². The lowest BCUT2D eigenvalue weighted by Crippen LogP contribution is -2.35.